The van der Waals surface area contributed by atoms with Crippen LogP contribution < -0.4 is 0 Å². The molecule has 0 aromatic carbocycles. The number of hydrogen-bond donors (Lipinski definition) is 1. The van der Waals surface area contributed by atoms with Crippen molar-refractivity contribution in [1.29, 1.82) is 0 Å². The average molecular weight is 224 g/mol. The second-order valence-electron chi connectivity index (χ2n) is 4.53. The van der Waals surface area contributed by atoms with Gasteiger partial charge in [-0.15, -0.1) is 5.92 Å². The molecular formula is C15H28O. The van der Waals surface area contributed by atoms with Gasteiger partial charge >= 0.3 is 0 Å². The quantitative estimate of drug-likeness (QED) is 0.433. The van der Waals surface area contributed by atoms with Gasteiger partial charge in [-0.25, -0.2) is 0 Å². The predicted octanol–water partition coefficient (Wildman–Crippen LogP) is 4.29. The Labute approximate surface area is 102 Å². The van der Waals surface area contributed by atoms with Crippen molar-refractivity contribution in [2.24, 2.45) is 0 Å². The molecule has 1 atom stereocenters. The number of hydrogen-bond acceptors (Lipinski definition) is 1. The van der Waals surface area contributed by atoms with Crippen molar-refractivity contribution in [3.8, 4) is 11.8 Å². The zero-order chi connectivity index (χ0) is 12.1. The van der Waals surface area contributed by atoms with E-state index in [9.17, 15) is 5.11 Å². The van der Waals surface area contributed by atoms with E-state index in [0.717, 1.165) is 12.8 Å². The minimum absolute atomic E-state index is 0.394. The van der Waals surface area contributed by atoms with E-state index >= 15 is 0 Å². The molecule has 0 aromatic rings. The Morgan fingerprint density at radius 3 is 1.88 bits per heavy atom. The number of aliphatic hydroxyl groups excluding tert-OH is 1. The first-order chi connectivity index (χ1) is 7.81. The largest absolute Gasteiger partial charge is 0.380 e. The highest BCUT2D eigenvalue weighted by Crippen LogP contribution is 2.11. The highest BCUT2D eigenvalue weighted by atomic mass is 16.3. The monoisotopic (exact) mass is 224 g/mol. The Balaban J connectivity index is 3.06. The van der Waals surface area contributed by atoms with Gasteiger partial charge in [0.1, 0.15) is 6.10 Å². The van der Waals surface area contributed by atoms with Gasteiger partial charge in [0.25, 0.3) is 0 Å². The maximum Gasteiger partial charge on any atom is 0.114 e. The van der Waals surface area contributed by atoms with Crippen LogP contribution in [0.3, 0.4) is 0 Å². The molecule has 1 heteroatoms. The van der Waals surface area contributed by atoms with E-state index in [2.05, 4.69) is 18.8 Å². The lowest BCUT2D eigenvalue weighted by atomic mass is 10.1. The second-order valence-corrected chi connectivity index (χ2v) is 4.53. The van der Waals surface area contributed by atoms with Crippen LogP contribution in [0.1, 0.15) is 78.1 Å². The van der Waals surface area contributed by atoms with Crippen LogP contribution >= 0.6 is 0 Å². The van der Waals surface area contributed by atoms with Crippen LogP contribution in [0.25, 0.3) is 0 Å². The van der Waals surface area contributed by atoms with E-state index in [4.69, 9.17) is 0 Å². The third kappa shape index (κ3) is 11.6. The first-order valence-electron chi connectivity index (χ1n) is 6.91. The van der Waals surface area contributed by atoms with Crippen molar-refractivity contribution < 1.29 is 5.11 Å². The average Bonchev–Trinajstić information content (AvgIpc) is 2.27. The molecule has 16 heavy (non-hydrogen) atoms. The Hall–Kier alpha value is -0.480. The summed E-state index contributed by atoms with van der Waals surface area (Å²) < 4.78 is 0. The van der Waals surface area contributed by atoms with E-state index in [1.165, 1.54) is 51.4 Å². The van der Waals surface area contributed by atoms with Gasteiger partial charge in [0, 0.05) is 0 Å². The van der Waals surface area contributed by atoms with Crippen molar-refractivity contribution in [1.82, 2.24) is 0 Å². The molecule has 0 amide bonds. The molecule has 0 saturated carbocycles. The van der Waals surface area contributed by atoms with Crippen molar-refractivity contribution in [3.05, 3.63) is 0 Å². The van der Waals surface area contributed by atoms with E-state index in [0.29, 0.717) is 0 Å². The Bertz CT molecular complexity index is 187. The van der Waals surface area contributed by atoms with Gasteiger partial charge in [-0.1, -0.05) is 64.2 Å². The van der Waals surface area contributed by atoms with Crippen LogP contribution in [-0.4, -0.2) is 11.2 Å². The van der Waals surface area contributed by atoms with Crippen LogP contribution in [0, 0.1) is 11.8 Å². The van der Waals surface area contributed by atoms with Crippen LogP contribution in [0.4, 0.5) is 0 Å². The fraction of sp³-hybridized carbons (Fsp3) is 0.867. The minimum Gasteiger partial charge on any atom is -0.380 e. The molecule has 0 rings (SSSR count). The zero-order valence-electron chi connectivity index (χ0n) is 11.1. The minimum atomic E-state index is -0.394. The van der Waals surface area contributed by atoms with Crippen molar-refractivity contribution >= 4 is 0 Å². The standard InChI is InChI=1S/C15H28O/c1-3-5-6-7-8-9-10-11-12-14-15(16)13-4-2/h15-16H,3,5-12,14H2,1-2H3. The Morgan fingerprint density at radius 2 is 1.38 bits per heavy atom. The molecule has 0 aliphatic rings. The summed E-state index contributed by atoms with van der Waals surface area (Å²) in [4.78, 5) is 0. The normalized spacial score (nSPS) is 11.9. The van der Waals surface area contributed by atoms with Gasteiger partial charge in [-0.3, -0.25) is 0 Å². The van der Waals surface area contributed by atoms with E-state index in [1.807, 2.05) is 0 Å². The number of aliphatic hydroxyl groups is 1. The molecule has 1 N–H and O–H groups in total. The van der Waals surface area contributed by atoms with Gasteiger partial charge in [0.15, 0.2) is 0 Å². The maximum absolute atomic E-state index is 9.38. The summed E-state index contributed by atoms with van der Waals surface area (Å²) >= 11 is 0. The summed E-state index contributed by atoms with van der Waals surface area (Å²) in [6, 6.07) is 0. The Morgan fingerprint density at radius 1 is 0.875 bits per heavy atom. The molecule has 0 bridgehead atoms. The smallest absolute Gasteiger partial charge is 0.114 e. The molecule has 0 aromatic heterocycles. The van der Waals surface area contributed by atoms with E-state index < -0.39 is 6.10 Å². The Kier molecular flexibility index (Phi) is 12.2. The number of unbranched alkanes of at least 4 members (excludes halogenated alkanes) is 8. The van der Waals surface area contributed by atoms with Crippen molar-refractivity contribution in [3.63, 3.8) is 0 Å². The van der Waals surface area contributed by atoms with Crippen LogP contribution in [0.15, 0.2) is 0 Å². The summed E-state index contributed by atoms with van der Waals surface area (Å²) in [6.07, 6.45) is 12.4. The van der Waals surface area contributed by atoms with Gasteiger partial charge in [0.05, 0.1) is 0 Å². The topological polar surface area (TPSA) is 20.2 Å². The lowest BCUT2D eigenvalue weighted by Gasteiger charge is -2.03. The molecule has 1 unspecified atom stereocenters. The highest BCUT2D eigenvalue weighted by Gasteiger charge is 1.98. The summed E-state index contributed by atoms with van der Waals surface area (Å²) in [5.74, 6) is 5.52. The molecule has 0 saturated heterocycles. The van der Waals surface area contributed by atoms with Crippen molar-refractivity contribution in [2.45, 2.75) is 84.2 Å². The number of rotatable bonds is 10. The first-order valence-corrected chi connectivity index (χ1v) is 6.91. The van der Waals surface area contributed by atoms with Gasteiger partial charge in [-0.05, 0) is 19.8 Å². The molecule has 0 radical (unpaired) electrons. The third-order valence-electron chi connectivity index (χ3n) is 2.89. The van der Waals surface area contributed by atoms with Crippen LogP contribution in [-0.2, 0) is 0 Å². The molecule has 1 nitrogen and oxygen atoms in total. The summed E-state index contributed by atoms with van der Waals surface area (Å²) in [6.45, 7) is 4.03. The second kappa shape index (κ2) is 12.6. The van der Waals surface area contributed by atoms with Crippen molar-refractivity contribution in [2.75, 3.05) is 0 Å². The summed E-state index contributed by atoms with van der Waals surface area (Å²) in [5.41, 5.74) is 0. The van der Waals surface area contributed by atoms with E-state index in [-0.39, 0.29) is 0 Å². The lowest BCUT2D eigenvalue weighted by Crippen LogP contribution is -2.01. The molecule has 0 spiro atoms. The molecule has 0 aliphatic carbocycles. The summed E-state index contributed by atoms with van der Waals surface area (Å²) in [7, 11) is 0. The molecule has 0 aliphatic heterocycles. The first kappa shape index (κ1) is 15.5. The maximum atomic E-state index is 9.38. The SMILES string of the molecule is CC#CC(O)CCCCCCCCCCC. The van der Waals surface area contributed by atoms with Gasteiger partial charge in [-0.2, -0.15) is 0 Å². The highest BCUT2D eigenvalue weighted by molar-refractivity contribution is 5.01. The lowest BCUT2D eigenvalue weighted by molar-refractivity contribution is 0.217. The fourth-order valence-electron chi connectivity index (χ4n) is 1.89. The fourth-order valence-corrected chi connectivity index (χ4v) is 1.89. The molecule has 94 valence electrons. The van der Waals surface area contributed by atoms with Crippen LogP contribution in [0.2, 0.25) is 0 Å². The predicted molar refractivity (Wildman–Crippen MR) is 71.3 cm³/mol. The summed E-state index contributed by atoms with van der Waals surface area (Å²) in [5, 5.41) is 9.38. The zero-order valence-corrected chi connectivity index (χ0v) is 11.1. The third-order valence-corrected chi connectivity index (χ3v) is 2.89. The van der Waals surface area contributed by atoms with Crippen LogP contribution in [0.5, 0.6) is 0 Å². The van der Waals surface area contributed by atoms with Gasteiger partial charge < -0.3 is 5.11 Å². The molecule has 0 fully saturated rings. The molecular weight excluding hydrogens is 196 g/mol. The molecule has 0 heterocycles. The van der Waals surface area contributed by atoms with Gasteiger partial charge in [0.2, 0.25) is 0 Å². The van der Waals surface area contributed by atoms with E-state index in [1.54, 1.807) is 6.92 Å².